The smallest absolute Gasteiger partial charge is 0.128 e. The van der Waals surface area contributed by atoms with Crippen molar-refractivity contribution in [2.45, 2.75) is 32.8 Å². The average Bonchev–Trinajstić information content (AvgIpc) is 2.36. The third-order valence-corrected chi connectivity index (χ3v) is 3.70. The van der Waals surface area contributed by atoms with Crippen LogP contribution >= 0.6 is 0 Å². The number of allylic oxidation sites excluding steroid dienone is 5. The summed E-state index contributed by atoms with van der Waals surface area (Å²) in [5.74, 6) is 0.701. The standard InChI is InChI=1S/C19H19FO/c1-13-12-19(2,3)21-17-9-5-7-15(18(13)17)10-14-6-4-8-16(20)11-14/h4-6,8-12H,7H2,1-3H3. The molecule has 0 aromatic heterocycles. The lowest BCUT2D eigenvalue weighted by Crippen LogP contribution is -2.26. The molecule has 0 saturated heterocycles. The molecule has 0 spiro atoms. The van der Waals surface area contributed by atoms with Crippen molar-refractivity contribution in [3.63, 3.8) is 0 Å². The molecule has 0 bridgehead atoms. The van der Waals surface area contributed by atoms with Crippen LogP contribution in [0.15, 0.2) is 65.0 Å². The molecule has 108 valence electrons. The van der Waals surface area contributed by atoms with E-state index in [9.17, 15) is 4.39 Å². The Morgan fingerprint density at radius 2 is 2.10 bits per heavy atom. The fourth-order valence-electron chi connectivity index (χ4n) is 3.00. The van der Waals surface area contributed by atoms with E-state index in [1.54, 1.807) is 12.1 Å². The summed E-state index contributed by atoms with van der Waals surface area (Å²) in [5, 5.41) is 0. The van der Waals surface area contributed by atoms with E-state index in [4.69, 9.17) is 4.74 Å². The van der Waals surface area contributed by atoms with E-state index in [0.29, 0.717) is 0 Å². The second-order valence-corrected chi connectivity index (χ2v) is 6.10. The van der Waals surface area contributed by atoms with Crippen molar-refractivity contribution in [2.24, 2.45) is 0 Å². The Hall–Kier alpha value is -2.09. The zero-order valence-electron chi connectivity index (χ0n) is 12.6. The molecule has 0 atom stereocenters. The van der Waals surface area contributed by atoms with Crippen molar-refractivity contribution < 1.29 is 9.13 Å². The van der Waals surface area contributed by atoms with Gasteiger partial charge >= 0.3 is 0 Å². The summed E-state index contributed by atoms with van der Waals surface area (Å²) in [6, 6.07) is 6.67. The van der Waals surface area contributed by atoms with Crippen LogP contribution in [0.5, 0.6) is 0 Å². The van der Waals surface area contributed by atoms with Crippen LogP contribution in [0, 0.1) is 5.82 Å². The van der Waals surface area contributed by atoms with E-state index in [2.05, 4.69) is 32.9 Å². The monoisotopic (exact) mass is 282 g/mol. The molecule has 0 amide bonds. The molecule has 0 unspecified atom stereocenters. The van der Waals surface area contributed by atoms with E-state index in [1.807, 2.05) is 18.2 Å². The van der Waals surface area contributed by atoms with Crippen LogP contribution in [0.1, 0.15) is 32.8 Å². The molecule has 21 heavy (non-hydrogen) atoms. The van der Waals surface area contributed by atoms with Gasteiger partial charge in [-0.25, -0.2) is 4.39 Å². The van der Waals surface area contributed by atoms with E-state index < -0.39 is 0 Å². The van der Waals surface area contributed by atoms with Crippen LogP contribution in [-0.4, -0.2) is 5.60 Å². The molecule has 1 aliphatic carbocycles. The molecule has 1 aromatic rings. The van der Waals surface area contributed by atoms with Gasteiger partial charge in [-0.2, -0.15) is 0 Å². The van der Waals surface area contributed by atoms with Gasteiger partial charge in [0.1, 0.15) is 17.2 Å². The highest BCUT2D eigenvalue weighted by Crippen LogP contribution is 2.39. The lowest BCUT2D eigenvalue weighted by atomic mass is 9.86. The first-order chi connectivity index (χ1) is 9.94. The number of benzene rings is 1. The summed E-state index contributed by atoms with van der Waals surface area (Å²) in [7, 11) is 0. The highest BCUT2D eigenvalue weighted by Gasteiger charge is 2.28. The third kappa shape index (κ3) is 2.85. The van der Waals surface area contributed by atoms with E-state index in [0.717, 1.165) is 23.3 Å². The molecular weight excluding hydrogens is 263 g/mol. The third-order valence-electron chi connectivity index (χ3n) is 3.70. The minimum atomic E-state index is -0.283. The summed E-state index contributed by atoms with van der Waals surface area (Å²) in [5.41, 5.74) is 4.12. The predicted molar refractivity (Wildman–Crippen MR) is 84.1 cm³/mol. The number of hydrogen-bond acceptors (Lipinski definition) is 1. The van der Waals surface area contributed by atoms with Crippen molar-refractivity contribution in [3.05, 3.63) is 76.4 Å². The Kier molecular flexibility index (Phi) is 3.32. The Balaban J connectivity index is 2.04. The van der Waals surface area contributed by atoms with Gasteiger partial charge in [-0.05, 0) is 68.2 Å². The van der Waals surface area contributed by atoms with E-state index in [-0.39, 0.29) is 11.4 Å². The predicted octanol–water partition coefficient (Wildman–Crippen LogP) is 5.18. The SMILES string of the molecule is CC1=CC(C)(C)OC2=C1C(=Cc1cccc(F)c1)CC=C2. The summed E-state index contributed by atoms with van der Waals surface area (Å²) >= 11 is 0. The Labute approximate surface area is 125 Å². The molecule has 1 heterocycles. The normalized spacial score (nSPS) is 21.9. The largest absolute Gasteiger partial charge is 0.483 e. The average molecular weight is 282 g/mol. The molecule has 2 aliphatic rings. The second-order valence-electron chi connectivity index (χ2n) is 6.10. The van der Waals surface area contributed by atoms with Crippen LogP contribution in [0.4, 0.5) is 4.39 Å². The zero-order valence-corrected chi connectivity index (χ0v) is 12.6. The fourth-order valence-corrected chi connectivity index (χ4v) is 3.00. The van der Waals surface area contributed by atoms with Gasteiger partial charge < -0.3 is 4.74 Å². The summed E-state index contributed by atoms with van der Waals surface area (Å²) in [6.07, 6.45) is 9.16. The van der Waals surface area contributed by atoms with Crippen molar-refractivity contribution in [1.29, 1.82) is 0 Å². The van der Waals surface area contributed by atoms with Gasteiger partial charge in [0.25, 0.3) is 0 Å². The Morgan fingerprint density at radius 1 is 1.29 bits per heavy atom. The van der Waals surface area contributed by atoms with Gasteiger partial charge in [-0.3, -0.25) is 0 Å². The molecule has 1 nitrogen and oxygen atoms in total. The van der Waals surface area contributed by atoms with Crippen LogP contribution in [-0.2, 0) is 4.74 Å². The highest BCUT2D eigenvalue weighted by atomic mass is 19.1. The minimum Gasteiger partial charge on any atom is -0.483 e. The number of halogens is 1. The van der Waals surface area contributed by atoms with E-state index >= 15 is 0 Å². The summed E-state index contributed by atoms with van der Waals surface area (Å²) < 4.78 is 19.4. The Morgan fingerprint density at radius 3 is 2.86 bits per heavy atom. The molecule has 1 aliphatic heterocycles. The summed E-state index contributed by atoms with van der Waals surface area (Å²) in [4.78, 5) is 0. The minimum absolute atomic E-state index is 0.210. The molecule has 1 aromatic carbocycles. The lowest BCUT2D eigenvalue weighted by Gasteiger charge is -2.33. The zero-order chi connectivity index (χ0) is 15.0. The first-order valence-corrected chi connectivity index (χ1v) is 7.21. The molecule has 0 fully saturated rings. The highest BCUT2D eigenvalue weighted by molar-refractivity contribution is 5.66. The molecule has 0 N–H and O–H groups in total. The second kappa shape index (κ2) is 5.03. The fraction of sp³-hybridized carbons (Fsp3) is 0.263. The number of rotatable bonds is 1. The van der Waals surface area contributed by atoms with Crippen LogP contribution in [0.2, 0.25) is 0 Å². The summed E-state index contributed by atoms with van der Waals surface area (Å²) in [6.45, 7) is 6.22. The number of ether oxygens (including phenoxy) is 1. The van der Waals surface area contributed by atoms with Crippen molar-refractivity contribution in [2.75, 3.05) is 0 Å². The maximum Gasteiger partial charge on any atom is 0.128 e. The van der Waals surface area contributed by atoms with Crippen molar-refractivity contribution >= 4 is 6.08 Å². The molecule has 2 heteroatoms. The van der Waals surface area contributed by atoms with Crippen LogP contribution < -0.4 is 0 Å². The van der Waals surface area contributed by atoms with E-state index in [1.165, 1.54) is 17.2 Å². The first kappa shape index (κ1) is 13.9. The quantitative estimate of drug-likeness (QED) is 0.689. The first-order valence-electron chi connectivity index (χ1n) is 7.21. The van der Waals surface area contributed by atoms with Gasteiger partial charge in [0, 0.05) is 5.57 Å². The lowest BCUT2D eigenvalue weighted by molar-refractivity contribution is 0.0797. The Bertz CT molecular complexity index is 702. The van der Waals surface area contributed by atoms with Crippen molar-refractivity contribution in [1.82, 2.24) is 0 Å². The maximum atomic E-state index is 13.3. The molecule has 0 saturated carbocycles. The maximum absolute atomic E-state index is 13.3. The molecule has 3 rings (SSSR count). The molecule has 0 radical (unpaired) electrons. The van der Waals surface area contributed by atoms with Gasteiger partial charge in [0.05, 0.1) is 0 Å². The topological polar surface area (TPSA) is 9.23 Å². The number of hydrogen-bond donors (Lipinski definition) is 0. The van der Waals surface area contributed by atoms with Gasteiger partial charge in [-0.15, -0.1) is 0 Å². The van der Waals surface area contributed by atoms with Crippen LogP contribution in [0.3, 0.4) is 0 Å². The van der Waals surface area contributed by atoms with Crippen LogP contribution in [0.25, 0.3) is 6.08 Å². The van der Waals surface area contributed by atoms with Gasteiger partial charge in [0.15, 0.2) is 0 Å². The van der Waals surface area contributed by atoms with Gasteiger partial charge in [0.2, 0.25) is 0 Å². The van der Waals surface area contributed by atoms with Crippen molar-refractivity contribution in [3.8, 4) is 0 Å². The molecular formula is C19H19FO. The van der Waals surface area contributed by atoms with Gasteiger partial charge in [-0.1, -0.05) is 24.3 Å².